The molecule has 34 heavy (non-hydrogen) atoms. The van der Waals surface area contributed by atoms with Crippen molar-refractivity contribution in [2.24, 2.45) is 4.99 Å². The average Bonchev–Trinajstić information content (AvgIpc) is 3.16. The van der Waals surface area contributed by atoms with Gasteiger partial charge in [0, 0.05) is 18.7 Å². The Morgan fingerprint density at radius 3 is 2.32 bits per heavy atom. The molecule has 0 spiro atoms. The van der Waals surface area contributed by atoms with E-state index in [0.717, 1.165) is 4.70 Å². The number of hydrogen-bond donors (Lipinski definition) is 0. The van der Waals surface area contributed by atoms with E-state index >= 15 is 0 Å². The number of rotatable bonds is 9. The van der Waals surface area contributed by atoms with Gasteiger partial charge in [0.2, 0.25) is 10.0 Å². The fourth-order valence-electron chi connectivity index (χ4n) is 3.46. The molecule has 3 aromatic rings. The number of carbonyl (C=O) groups excluding carboxylic acids is 2. The van der Waals surface area contributed by atoms with Crippen molar-refractivity contribution in [3.05, 3.63) is 52.8 Å². The quantitative estimate of drug-likeness (QED) is 0.414. The second kappa shape index (κ2) is 10.9. The van der Waals surface area contributed by atoms with Gasteiger partial charge in [0.15, 0.2) is 4.80 Å². The lowest BCUT2D eigenvalue weighted by Gasteiger charge is -2.18. The molecule has 0 radical (unpaired) electrons. The summed E-state index contributed by atoms with van der Waals surface area (Å²) in [6, 6.07) is 11.1. The first-order chi connectivity index (χ1) is 16.3. The minimum absolute atomic E-state index is 0.108. The van der Waals surface area contributed by atoms with E-state index in [0.29, 0.717) is 29.2 Å². The van der Waals surface area contributed by atoms with Gasteiger partial charge in [0.05, 0.1) is 23.3 Å². The van der Waals surface area contributed by atoms with E-state index in [1.807, 2.05) is 12.1 Å². The summed E-state index contributed by atoms with van der Waals surface area (Å²) in [5, 5.41) is 0. The highest BCUT2D eigenvalue weighted by Crippen LogP contribution is 2.27. The summed E-state index contributed by atoms with van der Waals surface area (Å²) < 4.78 is 39.6. The molecule has 0 atom stereocenters. The largest absolute Gasteiger partial charge is 0.495 e. The zero-order valence-electron chi connectivity index (χ0n) is 19.5. The van der Waals surface area contributed by atoms with Gasteiger partial charge in [-0.25, -0.2) is 8.42 Å². The van der Waals surface area contributed by atoms with Crippen LogP contribution < -0.4 is 9.54 Å². The average molecular weight is 506 g/mol. The smallest absolute Gasteiger partial charge is 0.326 e. The number of ether oxygens (including phenoxy) is 2. The highest BCUT2D eigenvalue weighted by Gasteiger charge is 2.22. The Balaban J connectivity index is 2.04. The van der Waals surface area contributed by atoms with E-state index < -0.39 is 21.9 Å². The van der Waals surface area contributed by atoms with Crippen LogP contribution >= 0.6 is 11.3 Å². The maximum Gasteiger partial charge on any atom is 0.326 e. The second-order valence-corrected chi connectivity index (χ2v) is 10.1. The van der Waals surface area contributed by atoms with Crippen molar-refractivity contribution < 1.29 is 27.5 Å². The fraction of sp³-hybridized carbons (Fsp3) is 0.348. The third-order valence-electron chi connectivity index (χ3n) is 5.12. The molecule has 0 unspecified atom stereocenters. The molecule has 1 aromatic heterocycles. The van der Waals surface area contributed by atoms with Gasteiger partial charge in [0.1, 0.15) is 17.8 Å². The number of amides is 1. The number of benzene rings is 2. The number of para-hydroxylation sites is 1. The van der Waals surface area contributed by atoms with Gasteiger partial charge < -0.3 is 14.0 Å². The van der Waals surface area contributed by atoms with E-state index in [-0.39, 0.29) is 23.6 Å². The van der Waals surface area contributed by atoms with Crippen molar-refractivity contribution in [3.8, 4) is 5.75 Å². The highest BCUT2D eigenvalue weighted by molar-refractivity contribution is 7.89. The van der Waals surface area contributed by atoms with E-state index in [2.05, 4.69) is 4.99 Å². The Morgan fingerprint density at radius 2 is 1.74 bits per heavy atom. The number of esters is 1. The van der Waals surface area contributed by atoms with Crippen molar-refractivity contribution in [3.63, 3.8) is 0 Å². The molecule has 2 aromatic carbocycles. The van der Waals surface area contributed by atoms with E-state index in [4.69, 9.17) is 9.47 Å². The van der Waals surface area contributed by atoms with Crippen molar-refractivity contribution in [2.45, 2.75) is 32.2 Å². The first kappa shape index (κ1) is 25.6. The lowest BCUT2D eigenvalue weighted by molar-refractivity contribution is -0.143. The van der Waals surface area contributed by atoms with Crippen LogP contribution in [0.2, 0.25) is 0 Å². The van der Waals surface area contributed by atoms with Gasteiger partial charge >= 0.3 is 5.97 Å². The van der Waals surface area contributed by atoms with Crippen molar-refractivity contribution in [2.75, 3.05) is 26.8 Å². The molecule has 0 aliphatic carbocycles. The van der Waals surface area contributed by atoms with Gasteiger partial charge in [0.25, 0.3) is 5.91 Å². The summed E-state index contributed by atoms with van der Waals surface area (Å²) in [4.78, 5) is 29.8. The number of nitrogens with zero attached hydrogens (tertiary/aromatic N) is 3. The third kappa shape index (κ3) is 5.21. The number of thiazole rings is 1. The van der Waals surface area contributed by atoms with Crippen LogP contribution in [-0.2, 0) is 26.1 Å². The molecule has 0 aliphatic heterocycles. The molecule has 0 N–H and O–H groups in total. The van der Waals surface area contributed by atoms with Crippen LogP contribution in [0.15, 0.2) is 52.4 Å². The van der Waals surface area contributed by atoms with Crippen LogP contribution in [0, 0.1) is 0 Å². The third-order valence-corrected chi connectivity index (χ3v) is 8.23. The van der Waals surface area contributed by atoms with E-state index in [9.17, 15) is 18.0 Å². The molecule has 182 valence electrons. The number of hydrogen-bond acceptors (Lipinski definition) is 7. The summed E-state index contributed by atoms with van der Waals surface area (Å²) in [5.41, 5.74) is 0.862. The van der Waals surface area contributed by atoms with Gasteiger partial charge in [-0.15, -0.1) is 0 Å². The van der Waals surface area contributed by atoms with Crippen LogP contribution in [0.25, 0.3) is 10.2 Å². The van der Waals surface area contributed by atoms with E-state index in [1.165, 1.54) is 47.0 Å². The highest BCUT2D eigenvalue weighted by atomic mass is 32.2. The second-order valence-electron chi connectivity index (χ2n) is 7.11. The van der Waals surface area contributed by atoms with Crippen LogP contribution in [0.1, 0.15) is 31.1 Å². The van der Waals surface area contributed by atoms with Crippen molar-refractivity contribution in [1.29, 1.82) is 0 Å². The predicted octanol–water partition coefficient (Wildman–Crippen LogP) is 3.05. The number of sulfonamides is 1. The van der Waals surface area contributed by atoms with Crippen LogP contribution in [0.3, 0.4) is 0 Å². The van der Waals surface area contributed by atoms with Gasteiger partial charge in [-0.2, -0.15) is 9.30 Å². The molecule has 0 saturated heterocycles. The summed E-state index contributed by atoms with van der Waals surface area (Å²) >= 11 is 1.24. The van der Waals surface area contributed by atoms with Crippen molar-refractivity contribution >= 4 is 43.5 Å². The molecule has 0 bridgehead atoms. The predicted molar refractivity (Wildman–Crippen MR) is 129 cm³/mol. The van der Waals surface area contributed by atoms with E-state index in [1.54, 1.807) is 31.4 Å². The molecule has 0 fully saturated rings. The first-order valence-corrected chi connectivity index (χ1v) is 13.0. The maximum atomic E-state index is 12.9. The Bertz CT molecular complexity index is 1350. The molecule has 1 heterocycles. The molecular formula is C23H27N3O6S2. The zero-order valence-corrected chi connectivity index (χ0v) is 21.1. The Morgan fingerprint density at radius 1 is 1.06 bits per heavy atom. The number of aromatic nitrogens is 1. The lowest BCUT2D eigenvalue weighted by atomic mass is 10.2. The SMILES string of the molecule is CCOC(=O)Cn1c(=NC(=O)c2ccc(S(=O)(=O)N(CC)CC)cc2)sc2cccc(OC)c21. The topological polar surface area (TPSA) is 107 Å². The van der Waals surface area contributed by atoms with Crippen molar-refractivity contribution in [1.82, 2.24) is 8.87 Å². The Labute approximate surface area is 202 Å². The lowest BCUT2D eigenvalue weighted by Crippen LogP contribution is -2.30. The minimum Gasteiger partial charge on any atom is -0.495 e. The normalized spacial score (nSPS) is 12.3. The van der Waals surface area contributed by atoms with Crippen LogP contribution in [0.4, 0.5) is 0 Å². The molecule has 1 amide bonds. The molecule has 0 aliphatic rings. The van der Waals surface area contributed by atoms with Gasteiger partial charge in [-0.05, 0) is 43.3 Å². The minimum atomic E-state index is -3.63. The Hall–Kier alpha value is -3.02. The monoisotopic (exact) mass is 505 g/mol. The molecular weight excluding hydrogens is 478 g/mol. The fourth-order valence-corrected chi connectivity index (χ4v) is 5.97. The number of fused-ring (bicyclic) bond motifs is 1. The number of carbonyl (C=O) groups is 2. The van der Waals surface area contributed by atoms with Crippen LogP contribution in [0.5, 0.6) is 5.75 Å². The van der Waals surface area contributed by atoms with Gasteiger partial charge in [-0.3, -0.25) is 9.59 Å². The zero-order chi connectivity index (χ0) is 24.9. The summed E-state index contributed by atoms with van der Waals surface area (Å²) in [5.74, 6) is -0.485. The molecule has 9 nitrogen and oxygen atoms in total. The standard InChI is InChI=1S/C23H27N3O6S2/c1-5-25(6-2)34(29,30)17-13-11-16(12-14-17)22(28)24-23-26(15-20(27)32-7-3)21-18(31-4)9-8-10-19(21)33-23/h8-14H,5-7,15H2,1-4H3. The first-order valence-electron chi connectivity index (χ1n) is 10.8. The molecule has 0 saturated carbocycles. The Kier molecular flexibility index (Phi) is 8.24. The number of methoxy groups -OCH3 is 1. The maximum absolute atomic E-state index is 12.9. The summed E-state index contributed by atoms with van der Waals surface area (Å²) in [7, 11) is -2.10. The van der Waals surface area contributed by atoms with Crippen LogP contribution in [-0.4, -0.2) is 56.0 Å². The molecule has 11 heteroatoms. The summed E-state index contributed by atoms with van der Waals surface area (Å²) in [6.45, 7) is 6.05. The van der Waals surface area contributed by atoms with Gasteiger partial charge in [-0.1, -0.05) is 31.3 Å². The summed E-state index contributed by atoms with van der Waals surface area (Å²) in [6.07, 6.45) is 0. The molecule has 3 rings (SSSR count).